The predicted octanol–water partition coefficient (Wildman–Crippen LogP) is 2.96. The summed E-state index contributed by atoms with van der Waals surface area (Å²) in [6.07, 6.45) is 1.79. The standard InChI is InChI=1S/C17H14N2O2S/c1-21-14-9-5-8-13(11-14)19-16(20)15(18-17(19)22)10-12-6-3-2-4-7-12/h2-11H,1H3,(H,18,22)/b15-10+. The van der Waals surface area contributed by atoms with Gasteiger partial charge in [0, 0.05) is 6.07 Å². The summed E-state index contributed by atoms with van der Waals surface area (Å²) in [4.78, 5) is 14.1. The zero-order chi connectivity index (χ0) is 15.5. The van der Waals surface area contributed by atoms with E-state index in [2.05, 4.69) is 5.32 Å². The van der Waals surface area contributed by atoms with Crippen LogP contribution in [0.4, 0.5) is 5.69 Å². The van der Waals surface area contributed by atoms with Crippen molar-refractivity contribution in [2.75, 3.05) is 12.0 Å². The maximum atomic E-state index is 12.6. The summed E-state index contributed by atoms with van der Waals surface area (Å²) in [7, 11) is 1.59. The van der Waals surface area contributed by atoms with E-state index < -0.39 is 0 Å². The van der Waals surface area contributed by atoms with E-state index in [9.17, 15) is 4.79 Å². The molecule has 110 valence electrons. The summed E-state index contributed by atoms with van der Waals surface area (Å²) in [5.74, 6) is 0.496. The minimum Gasteiger partial charge on any atom is -0.497 e. The van der Waals surface area contributed by atoms with Gasteiger partial charge >= 0.3 is 0 Å². The first-order chi connectivity index (χ1) is 10.7. The van der Waals surface area contributed by atoms with Gasteiger partial charge in [-0.15, -0.1) is 0 Å². The number of anilines is 1. The molecule has 1 aliphatic heterocycles. The molecule has 5 heteroatoms. The second-order valence-corrected chi connectivity index (χ2v) is 5.13. The molecule has 1 aliphatic rings. The lowest BCUT2D eigenvalue weighted by molar-refractivity contribution is -0.113. The van der Waals surface area contributed by atoms with Gasteiger partial charge in [-0.25, -0.2) is 0 Å². The van der Waals surface area contributed by atoms with Crippen LogP contribution in [0, 0.1) is 0 Å². The van der Waals surface area contributed by atoms with Crippen LogP contribution in [0.25, 0.3) is 6.08 Å². The van der Waals surface area contributed by atoms with Gasteiger partial charge in [0.2, 0.25) is 0 Å². The average molecular weight is 310 g/mol. The number of rotatable bonds is 3. The molecule has 0 saturated carbocycles. The van der Waals surface area contributed by atoms with Crippen LogP contribution in [0.15, 0.2) is 60.3 Å². The molecule has 2 aromatic rings. The third-order valence-corrected chi connectivity index (χ3v) is 3.58. The fourth-order valence-electron chi connectivity index (χ4n) is 2.24. The summed E-state index contributed by atoms with van der Waals surface area (Å²) < 4.78 is 5.19. The molecule has 1 amide bonds. The summed E-state index contributed by atoms with van der Waals surface area (Å²) in [6, 6.07) is 16.9. The van der Waals surface area contributed by atoms with Gasteiger partial charge in [0.25, 0.3) is 5.91 Å². The smallest absolute Gasteiger partial charge is 0.281 e. The second kappa shape index (κ2) is 5.99. The Hall–Kier alpha value is -2.66. The Morgan fingerprint density at radius 2 is 1.91 bits per heavy atom. The number of benzene rings is 2. The van der Waals surface area contributed by atoms with Crippen LogP contribution >= 0.6 is 12.2 Å². The van der Waals surface area contributed by atoms with Gasteiger partial charge in [-0.05, 0) is 36.0 Å². The Morgan fingerprint density at radius 1 is 1.14 bits per heavy atom. The van der Waals surface area contributed by atoms with Crippen molar-refractivity contribution in [3.8, 4) is 5.75 Å². The molecule has 0 spiro atoms. The van der Waals surface area contributed by atoms with E-state index in [1.807, 2.05) is 48.5 Å². The Balaban J connectivity index is 1.93. The Kier molecular flexibility index (Phi) is 3.89. The zero-order valence-corrected chi connectivity index (χ0v) is 12.8. The van der Waals surface area contributed by atoms with E-state index in [4.69, 9.17) is 17.0 Å². The van der Waals surface area contributed by atoms with Crippen molar-refractivity contribution in [2.24, 2.45) is 0 Å². The lowest BCUT2D eigenvalue weighted by atomic mass is 10.2. The highest BCUT2D eigenvalue weighted by Gasteiger charge is 2.32. The number of hydrogen-bond donors (Lipinski definition) is 1. The van der Waals surface area contributed by atoms with E-state index in [0.29, 0.717) is 22.2 Å². The summed E-state index contributed by atoms with van der Waals surface area (Å²) in [6.45, 7) is 0. The SMILES string of the molecule is COc1cccc(N2C(=O)/C(=C\c3ccccc3)NC2=S)c1. The normalized spacial score (nSPS) is 16.0. The fraction of sp³-hybridized carbons (Fsp3) is 0.0588. The second-order valence-electron chi connectivity index (χ2n) is 4.74. The van der Waals surface area contributed by atoms with Crippen molar-refractivity contribution >= 4 is 35.0 Å². The minimum absolute atomic E-state index is 0.179. The summed E-state index contributed by atoms with van der Waals surface area (Å²) in [5, 5.41) is 3.33. The Morgan fingerprint density at radius 3 is 2.64 bits per heavy atom. The molecular formula is C17H14N2O2S. The van der Waals surface area contributed by atoms with Crippen molar-refractivity contribution < 1.29 is 9.53 Å². The average Bonchev–Trinajstić information content (AvgIpc) is 2.82. The van der Waals surface area contributed by atoms with Crippen molar-refractivity contribution in [1.82, 2.24) is 5.32 Å². The topological polar surface area (TPSA) is 41.6 Å². The highest BCUT2D eigenvalue weighted by Crippen LogP contribution is 2.25. The van der Waals surface area contributed by atoms with E-state index in [1.54, 1.807) is 19.3 Å². The van der Waals surface area contributed by atoms with Crippen molar-refractivity contribution in [3.05, 3.63) is 65.9 Å². The molecule has 1 heterocycles. The minimum atomic E-state index is -0.179. The van der Waals surface area contributed by atoms with Crippen LogP contribution < -0.4 is 15.0 Å². The third-order valence-electron chi connectivity index (χ3n) is 3.30. The molecule has 0 aliphatic carbocycles. The highest BCUT2D eigenvalue weighted by atomic mass is 32.1. The van der Waals surface area contributed by atoms with Gasteiger partial charge in [-0.2, -0.15) is 0 Å². The highest BCUT2D eigenvalue weighted by molar-refractivity contribution is 7.80. The van der Waals surface area contributed by atoms with Crippen molar-refractivity contribution in [3.63, 3.8) is 0 Å². The van der Waals surface area contributed by atoms with Gasteiger partial charge in [-0.3, -0.25) is 9.69 Å². The van der Waals surface area contributed by atoms with E-state index >= 15 is 0 Å². The van der Waals surface area contributed by atoms with Crippen LogP contribution in [-0.4, -0.2) is 18.1 Å². The number of amides is 1. The number of thiocarbonyl (C=S) groups is 1. The largest absolute Gasteiger partial charge is 0.497 e. The van der Waals surface area contributed by atoms with Crippen LogP contribution in [0.5, 0.6) is 5.75 Å². The monoisotopic (exact) mass is 310 g/mol. The first-order valence-electron chi connectivity index (χ1n) is 6.75. The summed E-state index contributed by atoms with van der Waals surface area (Å²) >= 11 is 5.28. The van der Waals surface area contributed by atoms with E-state index in [0.717, 1.165) is 5.56 Å². The van der Waals surface area contributed by atoms with Crippen molar-refractivity contribution in [1.29, 1.82) is 0 Å². The molecule has 1 N–H and O–H groups in total. The van der Waals surface area contributed by atoms with Crippen LogP contribution in [-0.2, 0) is 4.79 Å². The number of carbonyl (C=O) groups excluding carboxylic acids is 1. The third kappa shape index (κ3) is 2.71. The lowest BCUT2D eigenvalue weighted by Crippen LogP contribution is -2.30. The first-order valence-corrected chi connectivity index (χ1v) is 7.16. The number of methoxy groups -OCH3 is 1. The molecule has 1 fully saturated rings. The van der Waals surface area contributed by atoms with Gasteiger partial charge in [0.05, 0.1) is 12.8 Å². The molecule has 1 saturated heterocycles. The maximum absolute atomic E-state index is 12.6. The molecule has 2 aromatic carbocycles. The van der Waals surface area contributed by atoms with Crippen LogP contribution in [0.2, 0.25) is 0 Å². The quantitative estimate of drug-likeness (QED) is 0.699. The molecular weight excluding hydrogens is 296 g/mol. The number of nitrogens with zero attached hydrogens (tertiary/aromatic N) is 1. The Bertz CT molecular complexity index is 756. The molecule has 0 atom stereocenters. The van der Waals surface area contributed by atoms with Gasteiger partial charge < -0.3 is 10.1 Å². The predicted molar refractivity (Wildman–Crippen MR) is 90.6 cm³/mol. The molecule has 4 nitrogen and oxygen atoms in total. The fourth-order valence-corrected chi connectivity index (χ4v) is 2.53. The van der Waals surface area contributed by atoms with Gasteiger partial charge in [0.15, 0.2) is 5.11 Å². The van der Waals surface area contributed by atoms with Crippen LogP contribution in [0.3, 0.4) is 0 Å². The van der Waals surface area contributed by atoms with Gasteiger partial charge in [0.1, 0.15) is 11.4 Å². The zero-order valence-electron chi connectivity index (χ0n) is 11.9. The van der Waals surface area contributed by atoms with Crippen LogP contribution in [0.1, 0.15) is 5.56 Å². The number of carbonyl (C=O) groups is 1. The maximum Gasteiger partial charge on any atom is 0.281 e. The molecule has 0 bridgehead atoms. The molecule has 0 unspecified atom stereocenters. The molecule has 0 radical (unpaired) electrons. The number of hydrogen-bond acceptors (Lipinski definition) is 3. The van der Waals surface area contributed by atoms with E-state index in [-0.39, 0.29) is 5.91 Å². The van der Waals surface area contributed by atoms with Crippen molar-refractivity contribution in [2.45, 2.75) is 0 Å². The molecule has 3 rings (SSSR count). The lowest BCUT2D eigenvalue weighted by Gasteiger charge is -2.14. The molecule has 22 heavy (non-hydrogen) atoms. The summed E-state index contributed by atoms with van der Waals surface area (Å²) in [5.41, 5.74) is 2.07. The Labute approximate surface area is 134 Å². The number of ether oxygens (including phenoxy) is 1. The molecule has 0 aromatic heterocycles. The van der Waals surface area contributed by atoms with E-state index in [1.165, 1.54) is 4.90 Å². The first kappa shape index (κ1) is 14.3. The van der Waals surface area contributed by atoms with Gasteiger partial charge in [-0.1, -0.05) is 36.4 Å². The number of nitrogens with one attached hydrogen (secondary N) is 1.